The lowest BCUT2D eigenvalue weighted by Crippen LogP contribution is -2.14. The number of aryl methyl sites for hydroxylation is 2. The van der Waals surface area contributed by atoms with Gasteiger partial charge in [0, 0.05) is 16.6 Å². The summed E-state index contributed by atoms with van der Waals surface area (Å²) in [6, 6.07) is 5.32. The van der Waals surface area contributed by atoms with Crippen LogP contribution in [0.1, 0.15) is 21.6 Å². The lowest BCUT2D eigenvalue weighted by molar-refractivity contribution is 0.102. The monoisotopic (exact) mass is 262 g/mol. The first-order valence-electron chi connectivity index (χ1n) is 5.41. The van der Waals surface area contributed by atoms with Crippen LogP contribution in [0.5, 0.6) is 0 Å². The smallest absolute Gasteiger partial charge is 0.257 e. The molecule has 2 rings (SSSR count). The summed E-state index contributed by atoms with van der Waals surface area (Å²) < 4.78 is 0. The molecule has 18 heavy (non-hydrogen) atoms. The highest BCUT2D eigenvalue weighted by atomic mass is 32.1. The first kappa shape index (κ1) is 12.5. The number of carbonyl (C=O) groups excluding carboxylic acids is 1. The zero-order valence-electron chi connectivity index (χ0n) is 10.2. The minimum Gasteiger partial charge on any atom is -0.324 e. The number of nitrogens with two attached hydrogens (primary N) is 1. The summed E-state index contributed by atoms with van der Waals surface area (Å²) in [6.07, 6.45) is 0. The largest absolute Gasteiger partial charge is 0.324 e. The maximum Gasteiger partial charge on any atom is 0.257 e. The van der Waals surface area contributed by atoms with Crippen molar-refractivity contribution in [1.29, 1.82) is 0 Å². The van der Waals surface area contributed by atoms with E-state index < -0.39 is 0 Å². The van der Waals surface area contributed by atoms with Crippen LogP contribution < -0.4 is 16.6 Å². The Morgan fingerprint density at radius 3 is 2.72 bits per heavy atom. The normalized spacial score (nSPS) is 10.2. The highest BCUT2D eigenvalue weighted by Crippen LogP contribution is 2.18. The van der Waals surface area contributed by atoms with Crippen LogP contribution >= 0.6 is 11.3 Å². The number of carbonyl (C=O) groups is 1. The lowest BCUT2D eigenvalue weighted by atomic mass is 10.1. The van der Waals surface area contributed by atoms with Gasteiger partial charge in [-0.3, -0.25) is 16.0 Å². The van der Waals surface area contributed by atoms with Crippen molar-refractivity contribution in [3.8, 4) is 0 Å². The Hall–Kier alpha value is -1.92. The molecule has 1 aromatic heterocycles. The van der Waals surface area contributed by atoms with E-state index in [9.17, 15) is 4.79 Å². The molecule has 5 nitrogen and oxygen atoms in total. The van der Waals surface area contributed by atoms with E-state index in [1.165, 1.54) is 11.3 Å². The second-order valence-electron chi connectivity index (χ2n) is 3.92. The number of hydrogen-bond donors (Lipinski definition) is 3. The second-order valence-corrected chi connectivity index (χ2v) is 4.78. The minimum atomic E-state index is -0.162. The Bertz CT molecular complexity index is 579. The van der Waals surface area contributed by atoms with Gasteiger partial charge in [0.1, 0.15) is 0 Å². The Labute approximate surface area is 109 Å². The van der Waals surface area contributed by atoms with E-state index in [-0.39, 0.29) is 5.91 Å². The molecular weight excluding hydrogens is 248 g/mol. The number of aromatic nitrogens is 1. The molecule has 0 bridgehead atoms. The third kappa shape index (κ3) is 2.66. The van der Waals surface area contributed by atoms with E-state index in [1.807, 2.05) is 25.3 Å². The van der Waals surface area contributed by atoms with Gasteiger partial charge >= 0.3 is 0 Å². The Morgan fingerprint density at radius 2 is 2.17 bits per heavy atom. The molecule has 94 valence electrons. The van der Waals surface area contributed by atoms with Crippen LogP contribution in [0, 0.1) is 13.8 Å². The number of nitrogens with zero attached hydrogens (tertiary/aromatic N) is 1. The van der Waals surface area contributed by atoms with Crippen LogP contribution in [-0.4, -0.2) is 10.9 Å². The number of nitrogen functional groups attached to an aromatic ring is 1. The van der Waals surface area contributed by atoms with Gasteiger partial charge in [0.15, 0.2) is 5.13 Å². The molecule has 6 heteroatoms. The molecule has 1 aromatic carbocycles. The molecule has 0 aliphatic heterocycles. The van der Waals surface area contributed by atoms with E-state index in [2.05, 4.69) is 15.7 Å². The Morgan fingerprint density at radius 1 is 1.39 bits per heavy atom. The number of rotatable bonds is 3. The second kappa shape index (κ2) is 5.16. The van der Waals surface area contributed by atoms with Crippen LogP contribution in [0.3, 0.4) is 0 Å². The van der Waals surface area contributed by atoms with Gasteiger partial charge < -0.3 is 5.43 Å². The number of amides is 1. The standard InChI is InChI=1S/C12H14N4OS/c1-7-5-9(16-13)3-4-10(7)11(17)15-12-14-8(2)6-18-12/h3-6,16H,13H2,1-2H3,(H,14,15,17). The topological polar surface area (TPSA) is 80.0 Å². The number of hydrazine groups is 1. The van der Waals surface area contributed by atoms with Gasteiger partial charge in [-0.1, -0.05) is 0 Å². The lowest BCUT2D eigenvalue weighted by Gasteiger charge is -2.07. The SMILES string of the molecule is Cc1csc(NC(=O)c2ccc(NN)cc2C)n1. The molecule has 0 fully saturated rings. The highest BCUT2D eigenvalue weighted by molar-refractivity contribution is 7.13. The third-order valence-corrected chi connectivity index (χ3v) is 3.35. The third-order valence-electron chi connectivity index (χ3n) is 2.48. The molecule has 2 aromatic rings. The fraction of sp³-hybridized carbons (Fsp3) is 0.167. The first-order chi connectivity index (χ1) is 8.60. The van der Waals surface area contributed by atoms with Crippen molar-refractivity contribution in [3.05, 3.63) is 40.4 Å². The molecule has 1 heterocycles. The summed E-state index contributed by atoms with van der Waals surface area (Å²) in [7, 11) is 0. The maximum atomic E-state index is 12.0. The molecule has 0 saturated heterocycles. The van der Waals surface area contributed by atoms with Gasteiger partial charge in [-0.05, 0) is 37.6 Å². The average molecular weight is 262 g/mol. The zero-order chi connectivity index (χ0) is 13.1. The van der Waals surface area contributed by atoms with Gasteiger partial charge in [0.05, 0.1) is 5.69 Å². The predicted molar refractivity (Wildman–Crippen MR) is 73.8 cm³/mol. The molecule has 1 amide bonds. The maximum absolute atomic E-state index is 12.0. The number of anilines is 2. The molecule has 0 spiro atoms. The van der Waals surface area contributed by atoms with Crippen LogP contribution in [0.15, 0.2) is 23.6 Å². The number of nitrogens with one attached hydrogen (secondary N) is 2. The van der Waals surface area contributed by atoms with Gasteiger partial charge in [-0.15, -0.1) is 11.3 Å². The van der Waals surface area contributed by atoms with E-state index >= 15 is 0 Å². The molecule has 0 atom stereocenters. The number of thiazole rings is 1. The number of benzene rings is 1. The Balaban J connectivity index is 2.18. The van der Waals surface area contributed by atoms with E-state index in [4.69, 9.17) is 5.84 Å². The number of hydrogen-bond acceptors (Lipinski definition) is 5. The molecule has 0 unspecified atom stereocenters. The van der Waals surface area contributed by atoms with E-state index in [0.29, 0.717) is 10.7 Å². The summed E-state index contributed by atoms with van der Waals surface area (Å²) in [5, 5.41) is 5.28. The molecule has 0 aliphatic rings. The quantitative estimate of drug-likeness (QED) is 0.585. The summed E-state index contributed by atoms with van der Waals surface area (Å²) in [5.41, 5.74) is 5.69. The van der Waals surface area contributed by atoms with Crippen LogP contribution in [0.4, 0.5) is 10.8 Å². The van der Waals surface area contributed by atoms with Crippen molar-refractivity contribution in [1.82, 2.24) is 4.98 Å². The zero-order valence-corrected chi connectivity index (χ0v) is 11.0. The van der Waals surface area contributed by atoms with E-state index in [0.717, 1.165) is 16.9 Å². The van der Waals surface area contributed by atoms with Gasteiger partial charge in [-0.2, -0.15) is 0 Å². The fourth-order valence-corrected chi connectivity index (χ4v) is 2.27. The Kier molecular flexibility index (Phi) is 3.59. The van der Waals surface area contributed by atoms with E-state index in [1.54, 1.807) is 12.1 Å². The molecule has 0 saturated carbocycles. The summed E-state index contributed by atoms with van der Waals surface area (Å²) in [5.74, 6) is 5.15. The molecular formula is C12H14N4OS. The molecule has 4 N–H and O–H groups in total. The average Bonchev–Trinajstić information content (AvgIpc) is 2.74. The van der Waals surface area contributed by atoms with Gasteiger partial charge in [0.25, 0.3) is 5.91 Å². The van der Waals surface area contributed by atoms with Crippen molar-refractivity contribution in [2.75, 3.05) is 10.7 Å². The van der Waals surface area contributed by atoms with Crippen molar-refractivity contribution in [2.24, 2.45) is 5.84 Å². The van der Waals surface area contributed by atoms with Crippen LogP contribution in [0.2, 0.25) is 0 Å². The van der Waals surface area contributed by atoms with Crippen molar-refractivity contribution in [2.45, 2.75) is 13.8 Å². The fourth-order valence-electron chi connectivity index (χ4n) is 1.58. The van der Waals surface area contributed by atoms with Crippen molar-refractivity contribution < 1.29 is 4.79 Å². The van der Waals surface area contributed by atoms with Crippen LogP contribution in [-0.2, 0) is 0 Å². The van der Waals surface area contributed by atoms with Crippen molar-refractivity contribution >= 4 is 28.1 Å². The molecule has 0 radical (unpaired) electrons. The van der Waals surface area contributed by atoms with Crippen molar-refractivity contribution in [3.63, 3.8) is 0 Å². The summed E-state index contributed by atoms with van der Waals surface area (Å²) in [4.78, 5) is 16.2. The van der Waals surface area contributed by atoms with Crippen LogP contribution in [0.25, 0.3) is 0 Å². The molecule has 0 aliphatic carbocycles. The highest BCUT2D eigenvalue weighted by Gasteiger charge is 2.11. The predicted octanol–water partition coefficient (Wildman–Crippen LogP) is 2.30. The summed E-state index contributed by atoms with van der Waals surface area (Å²) in [6.45, 7) is 3.75. The minimum absolute atomic E-state index is 0.162. The summed E-state index contributed by atoms with van der Waals surface area (Å²) >= 11 is 1.41. The van der Waals surface area contributed by atoms with Gasteiger partial charge in [0.2, 0.25) is 0 Å². The van der Waals surface area contributed by atoms with Gasteiger partial charge in [-0.25, -0.2) is 4.98 Å². The first-order valence-corrected chi connectivity index (χ1v) is 6.29.